The minimum Gasteiger partial charge on any atom is -0.493 e. The lowest BCUT2D eigenvalue weighted by molar-refractivity contribution is -0.112. The van der Waals surface area contributed by atoms with Crippen molar-refractivity contribution in [3.8, 4) is 11.6 Å². The summed E-state index contributed by atoms with van der Waals surface area (Å²) >= 11 is 10.1. The lowest BCUT2D eigenvalue weighted by Crippen LogP contribution is -2.22. The number of aromatic nitrogens is 1. The molecule has 1 aliphatic heterocycles. The number of amides is 1. The molecule has 0 bridgehead atoms. The molecule has 0 atom stereocenters. The van der Waals surface area contributed by atoms with Gasteiger partial charge in [0.2, 0.25) is 5.88 Å². The Balaban J connectivity index is 2.04. The Hall–Kier alpha value is -2.09. The molecule has 0 unspecified atom stereocenters. The van der Waals surface area contributed by atoms with Crippen LogP contribution in [0.4, 0.5) is 0 Å². The average molecular weight is 445 g/mol. The second kappa shape index (κ2) is 6.26. The van der Waals surface area contributed by atoms with Gasteiger partial charge in [0, 0.05) is 9.69 Å². The molecule has 26 heavy (non-hydrogen) atoms. The molecule has 0 radical (unpaired) electrons. The largest absolute Gasteiger partial charge is 0.493 e. The van der Waals surface area contributed by atoms with Crippen LogP contribution >= 0.6 is 39.5 Å². The second-order valence-electron chi connectivity index (χ2n) is 6.10. The Morgan fingerprint density at radius 3 is 2.73 bits per heavy atom. The van der Waals surface area contributed by atoms with Crippen LogP contribution in [0.15, 0.2) is 45.9 Å². The number of aromatic hydroxyl groups is 1. The topological polar surface area (TPSA) is 54.6 Å². The molecule has 1 N–H and O–H groups in total. The number of hydrogen-bond acceptors (Lipinski definition) is 4. The Kier molecular flexibility index (Phi) is 4.17. The summed E-state index contributed by atoms with van der Waals surface area (Å²) in [6.07, 6.45) is 0. The van der Waals surface area contributed by atoms with Crippen LogP contribution in [0.3, 0.4) is 0 Å². The zero-order valence-electron chi connectivity index (χ0n) is 13.9. The van der Waals surface area contributed by atoms with Crippen molar-refractivity contribution in [3.05, 3.63) is 71.4 Å². The van der Waals surface area contributed by atoms with Gasteiger partial charge in [-0.3, -0.25) is 9.36 Å². The first-order valence-corrected chi connectivity index (χ1v) is 9.84. The van der Waals surface area contributed by atoms with Crippen LogP contribution in [-0.2, 0) is 4.79 Å². The summed E-state index contributed by atoms with van der Waals surface area (Å²) in [5.41, 5.74) is 3.25. The molecule has 0 aliphatic carbocycles. The summed E-state index contributed by atoms with van der Waals surface area (Å²) in [4.78, 5) is 17.0. The van der Waals surface area contributed by atoms with Crippen molar-refractivity contribution >= 4 is 51.0 Å². The lowest BCUT2D eigenvalue weighted by Gasteiger charge is -2.10. The Morgan fingerprint density at radius 1 is 1.19 bits per heavy atom. The Morgan fingerprint density at radius 2 is 1.96 bits per heavy atom. The summed E-state index contributed by atoms with van der Waals surface area (Å²) in [5.74, 6) is -0.391. The second-order valence-corrected chi connectivity index (χ2v) is 8.66. The SMILES string of the molecule is Cc1ccc(C)c(-n2c(O)c(C3=c4cc(Br)ccc4=NC3=O)sc2=S)c1. The normalized spacial score (nSPS) is 13.0. The number of hydrogen-bond donors (Lipinski definition) is 1. The van der Waals surface area contributed by atoms with Crippen molar-refractivity contribution < 1.29 is 9.90 Å². The van der Waals surface area contributed by atoms with Crippen molar-refractivity contribution in [1.82, 2.24) is 4.57 Å². The smallest absolute Gasteiger partial charge is 0.279 e. The van der Waals surface area contributed by atoms with Gasteiger partial charge < -0.3 is 5.11 Å². The number of aryl methyl sites for hydroxylation is 2. The highest BCUT2D eigenvalue weighted by Crippen LogP contribution is 2.36. The quantitative estimate of drug-likeness (QED) is 0.612. The van der Waals surface area contributed by atoms with Crippen LogP contribution in [-0.4, -0.2) is 15.6 Å². The van der Waals surface area contributed by atoms with Crippen LogP contribution in [0.1, 0.15) is 16.0 Å². The van der Waals surface area contributed by atoms with Gasteiger partial charge in [0.15, 0.2) is 3.95 Å². The van der Waals surface area contributed by atoms with Crippen LogP contribution in [0.2, 0.25) is 0 Å². The fourth-order valence-electron chi connectivity index (χ4n) is 3.01. The molecular weight excluding hydrogens is 432 g/mol. The highest BCUT2D eigenvalue weighted by molar-refractivity contribution is 9.10. The minimum atomic E-state index is -0.363. The molecule has 1 amide bonds. The van der Waals surface area contributed by atoms with E-state index in [-0.39, 0.29) is 11.8 Å². The Labute approximate surface area is 166 Å². The van der Waals surface area contributed by atoms with E-state index in [1.54, 1.807) is 10.6 Å². The third kappa shape index (κ3) is 2.67. The summed E-state index contributed by atoms with van der Waals surface area (Å²) in [7, 11) is 0. The highest BCUT2D eigenvalue weighted by Gasteiger charge is 2.26. The fourth-order valence-corrected chi connectivity index (χ4v) is 4.74. The zero-order valence-corrected chi connectivity index (χ0v) is 17.1. The molecule has 2 heterocycles. The van der Waals surface area contributed by atoms with Crippen molar-refractivity contribution in [2.45, 2.75) is 13.8 Å². The first-order chi connectivity index (χ1) is 12.4. The summed E-state index contributed by atoms with van der Waals surface area (Å²) in [6.45, 7) is 3.95. The van der Waals surface area contributed by atoms with Crippen molar-refractivity contribution in [1.29, 1.82) is 0 Å². The number of thiazole rings is 1. The first-order valence-electron chi connectivity index (χ1n) is 7.82. The van der Waals surface area contributed by atoms with E-state index in [1.807, 2.05) is 44.2 Å². The van der Waals surface area contributed by atoms with E-state index in [1.165, 1.54) is 11.3 Å². The average Bonchev–Trinajstić information content (AvgIpc) is 3.05. The van der Waals surface area contributed by atoms with E-state index in [0.717, 1.165) is 21.3 Å². The summed E-state index contributed by atoms with van der Waals surface area (Å²) < 4.78 is 2.94. The number of halogens is 1. The molecule has 0 spiro atoms. The van der Waals surface area contributed by atoms with Crippen molar-refractivity contribution in [2.75, 3.05) is 0 Å². The molecule has 2 aromatic carbocycles. The maximum atomic E-state index is 12.5. The third-order valence-electron chi connectivity index (χ3n) is 4.28. The monoisotopic (exact) mass is 444 g/mol. The van der Waals surface area contributed by atoms with E-state index in [0.29, 0.717) is 25.0 Å². The molecule has 0 saturated heterocycles. The van der Waals surface area contributed by atoms with Crippen LogP contribution in [0.5, 0.6) is 5.88 Å². The van der Waals surface area contributed by atoms with Gasteiger partial charge >= 0.3 is 0 Å². The van der Waals surface area contributed by atoms with E-state index < -0.39 is 0 Å². The molecule has 4 rings (SSSR count). The summed E-state index contributed by atoms with van der Waals surface area (Å²) in [5, 5.41) is 12.2. The van der Waals surface area contributed by atoms with Crippen molar-refractivity contribution in [2.24, 2.45) is 4.99 Å². The van der Waals surface area contributed by atoms with Gasteiger partial charge in [0.05, 0.1) is 16.6 Å². The molecular formula is C19H13BrN2O2S2. The maximum absolute atomic E-state index is 12.5. The molecule has 7 heteroatoms. The number of benzene rings is 2. The van der Waals surface area contributed by atoms with Gasteiger partial charge in [0.25, 0.3) is 5.91 Å². The highest BCUT2D eigenvalue weighted by atomic mass is 79.9. The zero-order chi connectivity index (χ0) is 18.6. The number of rotatable bonds is 2. The third-order valence-corrected chi connectivity index (χ3v) is 6.16. The van der Waals surface area contributed by atoms with Gasteiger partial charge in [-0.05, 0) is 61.5 Å². The maximum Gasteiger partial charge on any atom is 0.279 e. The van der Waals surface area contributed by atoms with Gasteiger partial charge in [-0.1, -0.05) is 28.1 Å². The lowest BCUT2D eigenvalue weighted by atomic mass is 10.1. The molecule has 4 nitrogen and oxygen atoms in total. The van der Waals surface area contributed by atoms with Gasteiger partial charge in [-0.25, -0.2) is 4.99 Å². The molecule has 130 valence electrons. The minimum absolute atomic E-state index is 0.0277. The van der Waals surface area contributed by atoms with E-state index in [2.05, 4.69) is 20.9 Å². The standard InChI is InChI=1S/C19H13BrN2O2S2/c1-9-3-4-10(2)14(7-9)22-18(24)16(26-19(22)25)15-12-8-11(20)5-6-13(12)21-17(15)23/h3-8,24H,1-2H3. The molecule has 0 fully saturated rings. The number of carbonyl (C=O) groups excluding carboxylic acids is 1. The van der Waals surface area contributed by atoms with Crippen LogP contribution in [0, 0.1) is 17.8 Å². The number of nitrogens with zero attached hydrogens (tertiary/aromatic N) is 2. The van der Waals surface area contributed by atoms with E-state index >= 15 is 0 Å². The molecule has 1 aliphatic rings. The first kappa shape index (κ1) is 17.3. The number of carbonyl (C=O) groups is 1. The number of fused-ring (bicyclic) bond motifs is 1. The molecule has 3 aromatic rings. The molecule has 1 aromatic heterocycles. The van der Waals surface area contributed by atoms with E-state index in [9.17, 15) is 9.90 Å². The predicted molar refractivity (Wildman–Crippen MR) is 108 cm³/mol. The van der Waals surface area contributed by atoms with Gasteiger partial charge in [-0.15, -0.1) is 11.3 Å². The van der Waals surface area contributed by atoms with Crippen LogP contribution in [0.25, 0.3) is 11.3 Å². The van der Waals surface area contributed by atoms with Gasteiger partial charge in [-0.2, -0.15) is 0 Å². The van der Waals surface area contributed by atoms with Crippen LogP contribution < -0.4 is 10.6 Å². The van der Waals surface area contributed by atoms with E-state index in [4.69, 9.17) is 12.2 Å². The predicted octanol–water partition coefficient (Wildman–Crippen LogP) is 3.71. The van der Waals surface area contributed by atoms with Crippen molar-refractivity contribution in [3.63, 3.8) is 0 Å². The summed E-state index contributed by atoms with van der Waals surface area (Å²) in [6, 6.07) is 11.4. The fraction of sp³-hybridized carbons (Fsp3) is 0.105. The van der Waals surface area contributed by atoms with Gasteiger partial charge in [0.1, 0.15) is 4.88 Å². The Bertz CT molecular complexity index is 1270. The molecule has 0 saturated carbocycles.